The van der Waals surface area contributed by atoms with Gasteiger partial charge in [-0.05, 0) is 176 Å². The molecule has 0 aliphatic rings. The molecule has 0 aromatic heterocycles. The SMILES string of the molecule is CCCCCC(CCC)C[C](CCC(CC)CCC)C(CCC)(CC(CCC)CCC)C(CC(CCC)CCCCC)(C(CCC)CCCC)C(CCCC(CC)CC)(CC(CCC)CCCCC)C(CCC(CC)CCC)(CC(CCC)CCCCC)C(C)CC(CCC)CCCCC. The van der Waals surface area contributed by atoms with Crippen molar-refractivity contribution in [2.45, 2.75) is 550 Å². The van der Waals surface area contributed by atoms with Crippen molar-refractivity contribution in [3.63, 3.8) is 0 Å². The van der Waals surface area contributed by atoms with Crippen LogP contribution in [0.4, 0.5) is 0 Å². The molecule has 0 spiro atoms. The Kier molecular flexibility index (Phi) is 63.9. The number of rotatable bonds is 77. The quantitative estimate of drug-likeness (QED) is 0.0533. The summed E-state index contributed by atoms with van der Waals surface area (Å²) in [4.78, 5) is 0. The first-order valence-electron chi connectivity index (χ1n) is 48.4. The third kappa shape index (κ3) is 35.1. The van der Waals surface area contributed by atoms with Gasteiger partial charge in [-0.15, -0.1) is 0 Å². The van der Waals surface area contributed by atoms with Crippen molar-refractivity contribution in [1.82, 2.24) is 0 Å². The van der Waals surface area contributed by atoms with Crippen LogP contribution in [0.1, 0.15) is 550 Å². The number of unbranched alkanes of at least 4 members (excludes halogenated alkanes) is 11. The second kappa shape index (κ2) is 63.9. The highest BCUT2D eigenvalue weighted by molar-refractivity contribution is 5.26. The Morgan fingerprint density at radius 3 is 1.02 bits per heavy atom. The highest BCUT2D eigenvalue weighted by Gasteiger charge is 2.72. The van der Waals surface area contributed by atoms with Crippen molar-refractivity contribution in [1.29, 1.82) is 0 Å². The molecule has 13 atom stereocenters. The first-order valence-corrected chi connectivity index (χ1v) is 48.4. The van der Waals surface area contributed by atoms with Gasteiger partial charge in [-0.2, -0.15) is 0 Å². The molecule has 100 heavy (non-hydrogen) atoms. The Bertz CT molecular complexity index is 1680. The molecule has 0 saturated heterocycles. The van der Waals surface area contributed by atoms with Crippen LogP contribution in [0.5, 0.6) is 0 Å². The third-order valence-corrected chi connectivity index (χ3v) is 28.7. The van der Waals surface area contributed by atoms with Crippen LogP contribution in [0, 0.1) is 92.7 Å². The van der Waals surface area contributed by atoms with Crippen molar-refractivity contribution in [2.24, 2.45) is 86.8 Å². The molecule has 0 aliphatic carbocycles. The summed E-state index contributed by atoms with van der Waals surface area (Å²) >= 11 is 0. The van der Waals surface area contributed by atoms with Crippen LogP contribution < -0.4 is 0 Å². The predicted molar refractivity (Wildman–Crippen MR) is 462 cm³/mol. The average molecular weight is 1400 g/mol. The van der Waals surface area contributed by atoms with Gasteiger partial charge < -0.3 is 0 Å². The van der Waals surface area contributed by atoms with E-state index in [0.717, 1.165) is 59.2 Å². The normalized spacial score (nSPS) is 17.6. The minimum Gasteiger partial charge on any atom is -0.0654 e. The summed E-state index contributed by atoms with van der Waals surface area (Å²) in [6, 6.07) is 0. The Morgan fingerprint density at radius 2 is 0.600 bits per heavy atom. The zero-order valence-corrected chi connectivity index (χ0v) is 74.7. The van der Waals surface area contributed by atoms with Gasteiger partial charge in [0.15, 0.2) is 0 Å². The summed E-state index contributed by atoms with van der Waals surface area (Å²) in [5, 5.41) is 0. The maximum Gasteiger partial charge on any atom is -0.0142 e. The monoisotopic (exact) mass is 1400 g/mol. The molecule has 0 saturated carbocycles. The van der Waals surface area contributed by atoms with Crippen LogP contribution in [0.25, 0.3) is 0 Å². The van der Waals surface area contributed by atoms with Gasteiger partial charge in [0.05, 0.1) is 0 Å². The van der Waals surface area contributed by atoms with Gasteiger partial charge in [0.1, 0.15) is 0 Å². The van der Waals surface area contributed by atoms with Gasteiger partial charge in [0.25, 0.3) is 0 Å². The van der Waals surface area contributed by atoms with Crippen LogP contribution in [0.2, 0.25) is 0 Å². The fraction of sp³-hybridized carbons (Fsp3) is 0.990. The zero-order chi connectivity index (χ0) is 74.8. The van der Waals surface area contributed by atoms with Crippen LogP contribution in [0.3, 0.4) is 0 Å². The zero-order valence-electron chi connectivity index (χ0n) is 74.7. The van der Waals surface area contributed by atoms with E-state index in [4.69, 9.17) is 0 Å². The average Bonchev–Trinajstić information content (AvgIpc) is 0.673. The summed E-state index contributed by atoms with van der Waals surface area (Å²) < 4.78 is 0. The molecule has 0 aromatic carbocycles. The van der Waals surface area contributed by atoms with Gasteiger partial charge in [0.2, 0.25) is 0 Å². The smallest absolute Gasteiger partial charge is 0.0142 e. The van der Waals surface area contributed by atoms with Crippen molar-refractivity contribution in [3.05, 3.63) is 5.92 Å². The van der Waals surface area contributed by atoms with Gasteiger partial charge in [-0.25, -0.2) is 0 Å². The first kappa shape index (κ1) is 100. The minimum absolute atomic E-state index is 0.155. The topological polar surface area (TPSA) is 0 Å². The van der Waals surface area contributed by atoms with E-state index in [2.05, 4.69) is 158 Å². The predicted octanol–water partition coefficient (Wildman–Crippen LogP) is 36.9. The number of hydrogen-bond donors (Lipinski definition) is 0. The molecular weight excluding hydrogens is 1200 g/mol. The summed E-state index contributed by atoms with van der Waals surface area (Å²) in [6.45, 7) is 58.3. The van der Waals surface area contributed by atoms with Crippen molar-refractivity contribution in [2.75, 3.05) is 0 Å². The molecule has 0 bridgehead atoms. The first-order chi connectivity index (χ1) is 48.6. The Morgan fingerprint density at radius 1 is 0.240 bits per heavy atom. The molecule has 0 nitrogen and oxygen atoms in total. The molecule has 0 fully saturated rings. The molecule has 601 valence electrons. The Labute approximate surface area is 639 Å². The van der Waals surface area contributed by atoms with E-state index < -0.39 is 0 Å². The lowest BCUT2D eigenvalue weighted by Crippen LogP contribution is -2.68. The van der Waals surface area contributed by atoms with Gasteiger partial charge in [-0.1, -0.05) is 467 Å². The minimum atomic E-state index is 0.155. The molecule has 0 aliphatic heterocycles. The van der Waals surface area contributed by atoms with E-state index in [0.29, 0.717) is 5.92 Å². The lowest BCUT2D eigenvalue weighted by atomic mass is 9.29. The summed E-state index contributed by atoms with van der Waals surface area (Å²) in [5.41, 5.74) is 0.696. The highest BCUT2D eigenvalue weighted by atomic mass is 14.8. The maximum atomic E-state index is 3.17. The van der Waals surface area contributed by atoms with Crippen molar-refractivity contribution < 1.29 is 0 Å². The molecule has 1 radical (unpaired) electrons. The van der Waals surface area contributed by atoms with Gasteiger partial charge in [-0.3, -0.25) is 0 Å². The van der Waals surface area contributed by atoms with E-state index in [-0.39, 0.29) is 21.7 Å². The second-order valence-corrected chi connectivity index (χ2v) is 36.4. The Balaban J connectivity index is 12.8. The van der Waals surface area contributed by atoms with E-state index >= 15 is 0 Å². The standard InChI is InChI=1S/C100H201/c1-23-44-50-66-89(58-31-9)79-85(22)97(78-75-88(43-21)57-30-8,81-92(62-35-13)68-52-46-25-3)99(77-55-71-86(40-18)41-19,83-93(63-36-14)69-53-47-26-4)100(95(65-38-16)72-49-28-6,84-94(64-37-15)70-54-48-27-5)98(76-39-17,82-91(60-33-11)61-34-12)96(74-73-87(42-20)56-29-7)80-90(59-32-10)67-51-45-24-2/h85-95H,23-84H2,1-22H3. The van der Waals surface area contributed by atoms with Crippen molar-refractivity contribution in [3.8, 4) is 0 Å². The van der Waals surface area contributed by atoms with Crippen LogP contribution in [-0.2, 0) is 0 Å². The van der Waals surface area contributed by atoms with Crippen LogP contribution in [-0.4, -0.2) is 0 Å². The lowest BCUT2D eigenvalue weighted by molar-refractivity contribution is -0.252. The van der Waals surface area contributed by atoms with Crippen molar-refractivity contribution >= 4 is 0 Å². The van der Waals surface area contributed by atoms with E-state index in [9.17, 15) is 0 Å². The molecule has 0 N–H and O–H groups in total. The third-order valence-electron chi connectivity index (χ3n) is 28.7. The fourth-order valence-corrected chi connectivity index (χ4v) is 23.8. The molecule has 13 unspecified atom stereocenters. The number of hydrogen-bond acceptors (Lipinski definition) is 0. The largest absolute Gasteiger partial charge is 0.0654 e. The highest BCUT2D eigenvalue weighted by Crippen LogP contribution is 2.80. The summed E-state index contributed by atoms with van der Waals surface area (Å²) in [5.74, 6) is 11.0. The summed E-state index contributed by atoms with van der Waals surface area (Å²) in [7, 11) is 0. The Hall–Kier alpha value is 0. The molecule has 0 aromatic rings. The van der Waals surface area contributed by atoms with E-state index in [1.807, 2.05) is 0 Å². The molecule has 0 rings (SSSR count). The van der Waals surface area contributed by atoms with E-state index in [1.54, 1.807) is 12.8 Å². The maximum absolute atomic E-state index is 3.17. The van der Waals surface area contributed by atoms with E-state index in [1.165, 1.54) is 385 Å². The second-order valence-electron chi connectivity index (χ2n) is 36.4. The van der Waals surface area contributed by atoms with Crippen LogP contribution in [0.15, 0.2) is 0 Å². The molecule has 0 amide bonds. The fourth-order valence-electron chi connectivity index (χ4n) is 23.8. The van der Waals surface area contributed by atoms with Gasteiger partial charge in [0, 0.05) is 0 Å². The molecule has 0 heteroatoms. The lowest BCUT2D eigenvalue weighted by Gasteiger charge is -2.75. The van der Waals surface area contributed by atoms with Gasteiger partial charge >= 0.3 is 0 Å². The molecule has 0 heterocycles. The molecular formula is C100H201. The van der Waals surface area contributed by atoms with Crippen LogP contribution >= 0.6 is 0 Å². The summed E-state index contributed by atoms with van der Waals surface area (Å²) in [6.07, 6.45) is 88.4.